The third-order valence-electron chi connectivity index (χ3n) is 3.63. The number of hydrogen-bond donors (Lipinski definition) is 2. The van der Waals surface area contributed by atoms with E-state index in [2.05, 4.69) is 21.7 Å². The zero-order valence-corrected chi connectivity index (χ0v) is 13.6. The molecule has 1 unspecified atom stereocenters. The lowest BCUT2D eigenvalue weighted by Crippen LogP contribution is -2.31. The average molecular weight is 324 g/mol. The van der Waals surface area contributed by atoms with Gasteiger partial charge in [-0.3, -0.25) is 4.79 Å². The van der Waals surface area contributed by atoms with Crippen molar-refractivity contribution in [2.24, 2.45) is 0 Å². The number of aryl methyl sites for hydroxylation is 2. The number of aromatic nitrogens is 1. The maximum atomic E-state index is 12.2. The Morgan fingerprint density at radius 1 is 1.60 bits per heavy atom. The number of thiophene rings is 1. The molecule has 0 aromatic carbocycles. The topological polar surface area (TPSA) is 44.9 Å². The molecule has 3 nitrogen and oxygen atoms in total. The van der Waals surface area contributed by atoms with E-state index in [1.165, 1.54) is 21.8 Å². The maximum Gasteiger partial charge on any atom is 0.225 e. The molecule has 3 rings (SSSR count). The number of nitrogens with one attached hydrogen (secondary N) is 2. The molecule has 0 spiro atoms. The Morgan fingerprint density at radius 2 is 2.45 bits per heavy atom. The Hall–Kier alpha value is -0.980. The third-order valence-corrected chi connectivity index (χ3v) is 5.96. The SMILES string of the molecule is Cc1[nH]c(=S)sc1CC(=O)NC1CCCc2sccc21. The second-order valence-corrected chi connectivity index (χ2v) is 7.82. The molecule has 6 heteroatoms. The van der Waals surface area contributed by atoms with Crippen LogP contribution in [-0.2, 0) is 17.6 Å². The molecule has 20 heavy (non-hydrogen) atoms. The minimum Gasteiger partial charge on any atom is -0.349 e. The molecule has 106 valence electrons. The van der Waals surface area contributed by atoms with Crippen LogP contribution in [0.3, 0.4) is 0 Å². The van der Waals surface area contributed by atoms with Crippen molar-refractivity contribution < 1.29 is 4.79 Å². The summed E-state index contributed by atoms with van der Waals surface area (Å²) in [4.78, 5) is 17.8. The molecule has 1 atom stereocenters. The number of thiazole rings is 1. The molecular weight excluding hydrogens is 308 g/mol. The van der Waals surface area contributed by atoms with Crippen molar-refractivity contribution in [1.82, 2.24) is 10.3 Å². The van der Waals surface area contributed by atoms with Crippen molar-refractivity contribution in [2.75, 3.05) is 0 Å². The van der Waals surface area contributed by atoms with Crippen molar-refractivity contribution in [1.29, 1.82) is 0 Å². The molecule has 2 aromatic rings. The van der Waals surface area contributed by atoms with Gasteiger partial charge in [-0.05, 0) is 55.4 Å². The molecule has 1 aliphatic rings. The van der Waals surface area contributed by atoms with Gasteiger partial charge in [0, 0.05) is 15.4 Å². The fourth-order valence-corrected chi connectivity index (χ4v) is 4.91. The molecule has 0 fully saturated rings. The fraction of sp³-hybridized carbons (Fsp3) is 0.429. The Labute approximate surface area is 131 Å². The van der Waals surface area contributed by atoms with Crippen LogP contribution in [0.15, 0.2) is 11.4 Å². The molecule has 1 amide bonds. The van der Waals surface area contributed by atoms with Gasteiger partial charge in [0.15, 0.2) is 3.95 Å². The molecule has 0 radical (unpaired) electrons. The van der Waals surface area contributed by atoms with Gasteiger partial charge in [0.1, 0.15) is 0 Å². The number of rotatable bonds is 3. The van der Waals surface area contributed by atoms with Crippen molar-refractivity contribution in [3.8, 4) is 0 Å². The Bertz CT molecular complexity index is 683. The van der Waals surface area contributed by atoms with Crippen LogP contribution >= 0.6 is 34.9 Å². The number of carbonyl (C=O) groups is 1. The fourth-order valence-electron chi connectivity index (χ4n) is 2.63. The average Bonchev–Trinajstić information content (AvgIpc) is 2.97. The molecule has 0 saturated carbocycles. The van der Waals surface area contributed by atoms with Crippen LogP contribution in [0.4, 0.5) is 0 Å². The van der Waals surface area contributed by atoms with Crippen LogP contribution in [0.25, 0.3) is 0 Å². The van der Waals surface area contributed by atoms with Crippen LogP contribution in [0, 0.1) is 10.9 Å². The number of H-pyrrole nitrogens is 1. The van der Waals surface area contributed by atoms with Crippen LogP contribution in [0.1, 0.15) is 39.9 Å². The molecule has 2 aromatic heterocycles. The number of aromatic amines is 1. The van der Waals surface area contributed by atoms with E-state index in [1.807, 2.05) is 6.92 Å². The van der Waals surface area contributed by atoms with E-state index in [9.17, 15) is 4.79 Å². The molecule has 0 bridgehead atoms. The van der Waals surface area contributed by atoms with E-state index in [-0.39, 0.29) is 11.9 Å². The third kappa shape index (κ3) is 2.87. The van der Waals surface area contributed by atoms with Gasteiger partial charge in [-0.15, -0.1) is 22.7 Å². The largest absolute Gasteiger partial charge is 0.349 e. The van der Waals surface area contributed by atoms with E-state index < -0.39 is 0 Å². The van der Waals surface area contributed by atoms with Gasteiger partial charge in [0.05, 0.1) is 12.5 Å². The Kier molecular flexibility index (Phi) is 4.05. The van der Waals surface area contributed by atoms with E-state index in [4.69, 9.17) is 12.2 Å². The summed E-state index contributed by atoms with van der Waals surface area (Å²) >= 11 is 8.40. The summed E-state index contributed by atoms with van der Waals surface area (Å²) in [6.07, 6.45) is 3.76. The minimum absolute atomic E-state index is 0.0856. The number of amides is 1. The quantitative estimate of drug-likeness (QED) is 0.841. The smallest absolute Gasteiger partial charge is 0.225 e. The molecule has 0 saturated heterocycles. The van der Waals surface area contributed by atoms with Gasteiger partial charge in [-0.25, -0.2) is 0 Å². The predicted molar refractivity (Wildman–Crippen MR) is 86.1 cm³/mol. The first-order valence-corrected chi connectivity index (χ1v) is 8.78. The van der Waals surface area contributed by atoms with Crippen LogP contribution < -0.4 is 5.32 Å². The maximum absolute atomic E-state index is 12.2. The van der Waals surface area contributed by atoms with E-state index >= 15 is 0 Å². The first kappa shape index (κ1) is 14.0. The normalized spacial score (nSPS) is 17.8. The summed E-state index contributed by atoms with van der Waals surface area (Å²) in [5.41, 5.74) is 2.32. The first-order valence-electron chi connectivity index (χ1n) is 6.67. The van der Waals surface area contributed by atoms with Crippen molar-refractivity contribution in [3.63, 3.8) is 0 Å². The predicted octanol–water partition coefficient (Wildman–Crippen LogP) is 3.91. The summed E-state index contributed by atoms with van der Waals surface area (Å²) in [5.74, 6) is 0.0856. The van der Waals surface area contributed by atoms with Gasteiger partial charge in [0.2, 0.25) is 5.91 Å². The number of carbonyl (C=O) groups excluding carboxylic acids is 1. The van der Waals surface area contributed by atoms with Gasteiger partial charge >= 0.3 is 0 Å². The highest BCUT2D eigenvalue weighted by Gasteiger charge is 2.23. The zero-order valence-electron chi connectivity index (χ0n) is 11.2. The molecule has 1 aliphatic carbocycles. The van der Waals surface area contributed by atoms with Crippen LogP contribution in [-0.4, -0.2) is 10.9 Å². The highest BCUT2D eigenvalue weighted by molar-refractivity contribution is 7.73. The summed E-state index contributed by atoms with van der Waals surface area (Å²) in [7, 11) is 0. The summed E-state index contributed by atoms with van der Waals surface area (Å²) in [5, 5.41) is 5.29. The van der Waals surface area contributed by atoms with Crippen molar-refractivity contribution in [3.05, 3.63) is 36.4 Å². The van der Waals surface area contributed by atoms with Gasteiger partial charge < -0.3 is 10.3 Å². The van der Waals surface area contributed by atoms with E-state index in [0.717, 1.165) is 33.8 Å². The van der Waals surface area contributed by atoms with Crippen molar-refractivity contribution >= 4 is 40.8 Å². The Morgan fingerprint density at radius 3 is 3.20 bits per heavy atom. The molecule has 2 N–H and O–H groups in total. The van der Waals surface area contributed by atoms with Crippen molar-refractivity contribution in [2.45, 2.75) is 38.6 Å². The lowest BCUT2D eigenvalue weighted by molar-refractivity contribution is -0.121. The molecular formula is C14H16N2OS3. The first-order chi connectivity index (χ1) is 9.63. The second kappa shape index (κ2) is 5.79. The highest BCUT2D eigenvalue weighted by atomic mass is 32.1. The minimum atomic E-state index is 0.0856. The van der Waals surface area contributed by atoms with Crippen LogP contribution in [0.2, 0.25) is 0 Å². The standard InChI is InChI=1S/C14H16N2OS3/c1-8-12(20-14(18)15-8)7-13(17)16-10-3-2-4-11-9(10)5-6-19-11/h5-6,10H,2-4,7H2,1H3,(H,15,18)(H,16,17). The Balaban J connectivity index is 1.69. The number of fused-ring (bicyclic) bond motifs is 1. The zero-order chi connectivity index (χ0) is 14.1. The van der Waals surface area contributed by atoms with Gasteiger partial charge in [-0.1, -0.05) is 0 Å². The monoisotopic (exact) mass is 324 g/mol. The summed E-state index contributed by atoms with van der Waals surface area (Å²) < 4.78 is 0.739. The van der Waals surface area contributed by atoms with E-state index in [0.29, 0.717) is 6.42 Å². The summed E-state index contributed by atoms with van der Waals surface area (Å²) in [6.45, 7) is 1.96. The lowest BCUT2D eigenvalue weighted by atomic mass is 9.94. The molecule has 0 aliphatic heterocycles. The van der Waals surface area contributed by atoms with Crippen LogP contribution in [0.5, 0.6) is 0 Å². The van der Waals surface area contributed by atoms with Gasteiger partial charge in [-0.2, -0.15) is 0 Å². The second-order valence-electron chi connectivity index (χ2n) is 5.05. The lowest BCUT2D eigenvalue weighted by Gasteiger charge is -2.23. The van der Waals surface area contributed by atoms with Gasteiger partial charge in [0.25, 0.3) is 0 Å². The summed E-state index contributed by atoms with van der Waals surface area (Å²) in [6, 6.07) is 2.33. The highest BCUT2D eigenvalue weighted by Crippen LogP contribution is 2.33. The van der Waals surface area contributed by atoms with E-state index in [1.54, 1.807) is 11.3 Å². The number of hydrogen-bond acceptors (Lipinski definition) is 4. The molecule has 2 heterocycles.